The van der Waals surface area contributed by atoms with Crippen LogP contribution in [0.5, 0.6) is 5.75 Å². The number of ether oxygens (including phenoxy) is 1. The van der Waals surface area contributed by atoms with E-state index in [4.69, 9.17) is 9.26 Å². The second kappa shape index (κ2) is 8.61. The van der Waals surface area contributed by atoms with Crippen molar-refractivity contribution in [2.24, 2.45) is 0 Å². The average Bonchev–Trinajstić information content (AvgIpc) is 3.26. The quantitative estimate of drug-likeness (QED) is 0.492. The van der Waals surface area contributed by atoms with E-state index >= 15 is 0 Å². The topological polar surface area (TPSA) is 77.2 Å². The van der Waals surface area contributed by atoms with Crippen LogP contribution < -0.4 is 10.1 Å². The van der Waals surface area contributed by atoms with E-state index in [-0.39, 0.29) is 12.5 Å². The molecule has 0 atom stereocenters. The van der Waals surface area contributed by atoms with Crippen LogP contribution >= 0.6 is 0 Å². The molecular formula is C24H21N3O3. The van der Waals surface area contributed by atoms with E-state index in [9.17, 15) is 4.79 Å². The Labute approximate surface area is 174 Å². The molecule has 150 valence electrons. The van der Waals surface area contributed by atoms with Gasteiger partial charge in [0.2, 0.25) is 5.82 Å². The van der Waals surface area contributed by atoms with Crippen molar-refractivity contribution < 1.29 is 14.1 Å². The van der Waals surface area contributed by atoms with E-state index < -0.39 is 0 Å². The molecule has 6 nitrogen and oxygen atoms in total. The van der Waals surface area contributed by atoms with Crippen molar-refractivity contribution >= 4 is 11.6 Å². The molecule has 30 heavy (non-hydrogen) atoms. The zero-order chi connectivity index (χ0) is 20.9. The predicted molar refractivity (Wildman–Crippen MR) is 115 cm³/mol. The van der Waals surface area contributed by atoms with Crippen molar-refractivity contribution in [2.75, 3.05) is 11.9 Å². The van der Waals surface area contributed by atoms with E-state index in [2.05, 4.69) is 15.5 Å². The molecule has 0 spiro atoms. The van der Waals surface area contributed by atoms with Gasteiger partial charge in [0, 0.05) is 16.8 Å². The number of aromatic nitrogens is 2. The highest BCUT2D eigenvalue weighted by Crippen LogP contribution is 2.23. The smallest absolute Gasteiger partial charge is 0.262 e. The lowest BCUT2D eigenvalue weighted by Gasteiger charge is -2.09. The van der Waals surface area contributed by atoms with Gasteiger partial charge in [-0.1, -0.05) is 41.6 Å². The van der Waals surface area contributed by atoms with Gasteiger partial charge >= 0.3 is 0 Å². The second-order valence-corrected chi connectivity index (χ2v) is 6.95. The molecule has 1 N–H and O–H groups in total. The van der Waals surface area contributed by atoms with Crippen molar-refractivity contribution in [3.8, 4) is 28.6 Å². The lowest BCUT2D eigenvalue weighted by Crippen LogP contribution is -2.20. The highest BCUT2D eigenvalue weighted by molar-refractivity contribution is 5.92. The number of rotatable bonds is 6. The Bertz CT molecular complexity index is 1150. The number of hydrogen-bond acceptors (Lipinski definition) is 5. The number of benzene rings is 3. The van der Waals surface area contributed by atoms with Crippen LogP contribution in [0.2, 0.25) is 0 Å². The van der Waals surface area contributed by atoms with Crippen molar-refractivity contribution in [1.82, 2.24) is 10.1 Å². The lowest BCUT2D eigenvalue weighted by atomic mass is 10.1. The first kappa shape index (κ1) is 19.4. The minimum Gasteiger partial charge on any atom is -0.484 e. The maximum Gasteiger partial charge on any atom is 0.262 e. The Kier molecular flexibility index (Phi) is 5.57. The molecule has 1 aromatic heterocycles. The minimum atomic E-state index is -0.231. The summed E-state index contributed by atoms with van der Waals surface area (Å²) in [6, 6.07) is 22.6. The zero-order valence-corrected chi connectivity index (χ0v) is 16.8. The van der Waals surface area contributed by atoms with Crippen LogP contribution in [-0.2, 0) is 4.79 Å². The lowest BCUT2D eigenvalue weighted by molar-refractivity contribution is -0.118. The summed E-state index contributed by atoms with van der Waals surface area (Å²) in [6.45, 7) is 3.98. The number of aryl methyl sites for hydroxylation is 2. The van der Waals surface area contributed by atoms with Crippen LogP contribution in [0.1, 0.15) is 11.1 Å². The Morgan fingerprint density at radius 3 is 2.43 bits per heavy atom. The maximum atomic E-state index is 12.2. The molecule has 1 heterocycles. The molecule has 3 aromatic carbocycles. The SMILES string of the molecule is Cc1ccc(OCC(=O)Nc2ccc(-c3nc(-c4ccccc4)no3)cc2)cc1C. The molecule has 0 saturated heterocycles. The standard InChI is InChI=1S/C24H21N3O3/c1-16-8-13-21(14-17(16)2)29-15-22(28)25-20-11-9-19(10-12-20)24-26-23(27-30-24)18-6-4-3-5-7-18/h3-14H,15H2,1-2H3,(H,25,28). The van der Waals surface area contributed by atoms with E-state index in [1.807, 2.05) is 74.5 Å². The normalized spacial score (nSPS) is 10.6. The fourth-order valence-corrected chi connectivity index (χ4v) is 2.89. The molecule has 0 aliphatic heterocycles. The molecule has 0 aliphatic rings. The van der Waals surface area contributed by atoms with Crippen molar-refractivity contribution in [2.45, 2.75) is 13.8 Å². The average molecular weight is 399 g/mol. The van der Waals surface area contributed by atoms with E-state index in [0.29, 0.717) is 23.2 Å². The van der Waals surface area contributed by atoms with Crippen LogP contribution in [0.3, 0.4) is 0 Å². The molecule has 0 fully saturated rings. The van der Waals surface area contributed by atoms with Crippen molar-refractivity contribution in [3.63, 3.8) is 0 Å². The minimum absolute atomic E-state index is 0.0612. The number of nitrogens with zero attached hydrogens (tertiary/aromatic N) is 2. The third-order valence-corrected chi connectivity index (χ3v) is 4.72. The van der Waals surface area contributed by atoms with Gasteiger partial charge < -0.3 is 14.6 Å². The molecule has 0 radical (unpaired) electrons. The zero-order valence-electron chi connectivity index (χ0n) is 16.8. The number of anilines is 1. The first-order chi connectivity index (χ1) is 14.6. The van der Waals surface area contributed by atoms with Crippen LogP contribution in [0, 0.1) is 13.8 Å². The van der Waals surface area contributed by atoms with Crippen LogP contribution in [0.15, 0.2) is 77.3 Å². The summed E-state index contributed by atoms with van der Waals surface area (Å²) in [4.78, 5) is 16.6. The molecule has 6 heteroatoms. The fourth-order valence-electron chi connectivity index (χ4n) is 2.89. The monoisotopic (exact) mass is 399 g/mol. The molecule has 4 rings (SSSR count). The predicted octanol–water partition coefficient (Wildman–Crippen LogP) is 5.04. The van der Waals surface area contributed by atoms with Crippen LogP contribution in [0.4, 0.5) is 5.69 Å². The summed E-state index contributed by atoms with van der Waals surface area (Å²) in [6.07, 6.45) is 0. The molecule has 0 saturated carbocycles. The molecule has 1 amide bonds. The number of carbonyl (C=O) groups excluding carboxylic acids is 1. The molecular weight excluding hydrogens is 378 g/mol. The summed E-state index contributed by atoms with van der Waals surface area (Å²) in [5, 5.41) is 6.84. The van der Waals surface area contributed by atoms with E-state index in [1.165, 1.54) is 5.56 Å². The Balaban J connectivity index is 1.36. The largest absolute Gasteiger partial charge is 0.484 e. The van der Waals surface area contributed by atoms with Gasteiger partial charge in [-0.25, -0.2) is 0 Å². The van der Waals surface area contributed by atoms with Gasteiger partial charge in [-0.05, 0) is 61.4 Å². The first-order valence-corrected chi connectivity index (χ1v) is 9.58. The maximum absolute atomic E-state index is 12.2. The second-order valence-electron chi connectivity index (χ2n) is 6.95. The van der Waals surface area contributed by atoms with Gasteiger partial charge in [0.1, 0.15) is 5.75 Å². The van der Waals surface area contributed by atoms with Crippen LogP contribution in [-0.4, -0.2) is 22.7 Å². The third kappa shape index (κ3) is 4.55. The third-order valence-electron chi connectivity index (χ3n) is 4.72. The molecule has 4 aromatic rings. The Hall–Kier alpha value is -3.93. The van der Waals surface area contributed by atoms with Gasteiger partial charge in [-0.15, -0.1) is 0 Å². The van der Waals surface area contributed by atoms with Gasteiger partial charge in [0.05, 0.1) is 0 Å². The van der Waals surface area contributed by atoms with Crippen LogP contribution in [0.25, 0.3) is 22.8 Å². The number of carbonyl (C=O) groups is 1. The number of nitrogens with one attached hydrogen (secondary N) is 1. The fraction of sp³-hybridized carbons (Fsp3) is 0.125. The molecule has 0 unspecified atom stereocenters. The van der Waals surface area contributed by atoms with E-state index in [1.54, 1.807) is 12.1 Å². The summed E-state index contributed by atoms with van der Waals surface area (Å²) < 4.78 is 10.9. The number of amides is 1. The first-order valence-electron chi connectivity index (χ1n) is 9.58. The van der Waals surface area contributed by atoms with Crippen molar-refractivity contribution in [3.05, 3.63) is 83.9 Å². The molecule has 0 bridgehead atoms. The van der Waals surface area contributed by atoms with Gasteiger partial charge in [-0.2, -0.15) is 4.98 Å². The Morgan fingerprint density at radius 2 is 1.70 bits per heavy atom. The Morgan fingerprint density at radius 1 is 0.933 bits per heavy atom. The summed E-state index contributed by atoms with van der Waals surface area (Å²) in [5.74, 6) is 1.40. The van der Waals surface area contributed by atoms with Gasteiger partial charge in [0.15, 0.2) is 6.61 Å². The highest BCUT2D eigenvalue weighted by atomic mass is 16.5. The highest BCUT2D eigenvalue weighted by Gasteiger charge is 2.11. The summed E-state index contributed by atoms with van der Waals surface area (Å²) in [5.41, 5.74) is 4.63. The van der Waals surface area contributed by atoms with Gasteiger partial charge in [0.25, 0.3) is 11.8 Å². The molecule has 0 aliphatic carbocycles. The summed E-state index contributed by atoms with van der Waals surface area (Å²) in [7, 11) is 0. The van der Waals surface area contributed by atoms with E-state index in [0.717, 1.165) is 16.7 Å². The number of hydrogen-bond donors (Lipinski definition) is 1. The van der Waals surface area contributed by atoms with Crippen molar-refractivity contribution in [1.29, 1.82) is 0 Å². The van der Waals surface area contributed by atoms with Gasteiger partial charge in [-0.3, -0.25) is 4.79 Å². The summed E-state index contributed by atoms with van der Waals surface area (Å²) >= 11 is 0.